The highest BCUT2D eigenvalue weighted by Gasteiger charge is 2.31. The summed E-state index contributed by atoms with van der Waals surface area (Å²) in [6, 6.07) is 14.8. The van der Waals surface area contributed by atoms with Crippen LogP contribution in [0.2, 0.25) is 0 Å². The number of para-hydroxylation sites is 2. The van der Waals surface area contributed by atoms with Gasteiger partial charge in [0.15, 0.2) is 0 Å². The number of amides is 1. The van der Waals surface area contributed by atoms with E-state index in [0.29, 0.717) is 30.8 Å². The molecule has 2 heterocycles. The summed E-state index contributed by atoms with van der Waals surface area (Å²) in [5, 5.41) is 0. The second-order valence-corrected chi connectivity index (χ2v) is 10.1. The Morgan fingerprint density at radius 3 is 2.53 bits per heavy atom. The largest absolute Gasteiger partial charge is 0.340 e. The first-order valence-electron chi connectivity index (χ1n) is 11.3. The first-order chi connectivity index (χ1) is 15.4. The summed E-state index contributed by atoms with van der Waals surface area (Å²) in [6.45, 7) is 5.28. The highest BCUT2D eigenvalue weighted by Crippen LogP contribution is 2.32. The van der Waals surface area contributed by atoms with Crippen molar-refractivity contribution < 1.29 is 13.2 Å². The fourth-order valence-electron chi connectivity index (χ4n) is 4.42. The molecule has 1 fully saturated rings. The number of nitrogens with zero attached hydrogens (tertiary/aromatic N) is 3. The zero-order valence-electron chi connectivity index (χ0n) is 18.6. The lowest BCUT2D eigenvalue weighted by molar-refractivity contribution is -0.132. The van der Waals surface area contributed by atoms with Gasteiger partial charge in [-0.05, 0) is 49.1 Å². The Hall–Kier alpha value is -2.71. The molecule has 0 unspecified atom stereocenters. The first-order valence-corrected chi connectivity index (χ1v) is 12.7. The molecule has 170 valence electrons. The second-order valence-electron chi connectivity index (χ2n) is 8.12. The van der Waals surface area contributed by atoms with Crippen molar-refractivity contribution in [2.45, 2.75) is 50.5 Å². The van der Waals surface area contributed by atoms with E-state index in [1.807, 2.05) is 55.1 Å². The van der Waals surface area contributed by atoms with E-state index in [4.69, 9.17) is 4.98 Å². The van der Waals surface area contributed by atoms with Crippen LogP contribution >= 0.6 is 0 Å². The van der Waals surface area contributed by atoms with E-state index in [-0.39, 0.29) is 11.9 Å². The van der Waals surface area contributed by atoms with Crippen LogP contribution in [-0.4, -0.2) is 53.1 Å². The third-order valence-electron chi connectivity index (χ3n) is 6.19. The molecule has 1 saturated heterocycles. The van der Waals surface area contributed by atoms with E-state index in [1.54, 1.807) is 12.1 Å². The minimum Gasteiger partial charge on any atom is -0.340 e. The lowest BCUT2D eigenvalue weighted by atomic mass is 10.1. The maximum Gasteiger partial charge on any atom is 0.243 e. The standard InChI is InChI=1S/C24H30N4O3S/c1-3-27(4-2)32(30,31)19-14-11-18(12-15-19)13-16-23(29)28-17-7-10-22(28)24-25-20-8-5-6-9-21(20)26-24/h5-6,8-9,11-12,14-15,22H,3-4,7,10,13,16-17H2,1-2H3,(H,25,26)/t22-/m1/s1. The van der Waals surface area contributed by atoms with Crippen LogP contribution in [0.4, 0.5) is 0 Å². The lowest BCUT2D eigenvalue weighted by Crippen LogP contribution is -2.31. The number of likely N-dealkylation sites (tertiary alicyclic amines) is 1. The molecule has 0 radical (unpaired) electrons. The molecule has 1 atom stereocenters. The van der Waals surface area contributed by atoms with Crippen LogP contribution in [-0.2, 0) is 21.2 Å². The van der Waals surface area contributed by atoms with Crippen LogP contribution in [0.3, 0.4) is 0 Å². The number of sulfonamides is 1. The van der Waals surface area contributed by atoms with Gasteiger partial charge < -0.3 is 9.88 Å². The third-order valence-corrected chi connectivity index (χ3v) is 8.25. The predicted molar refractivity (Wildman–Crippen MR) is 125 cm³/mol. The zero-order valence-corrected chi connectivity index (χ0v) is 19.4. The van der Waals surface area contributed by atoms with Crippen molar-refractivity contribution in [3.63, 3.8) is 0 Å². The van der Waals surface area contributed by atoms with Crippen molar-refractivity contribution in [2.75, 3.05) is 19.6 Å². The van der Waals surface area contributed by atoms with Gasteiger partial charge in [-0.1, -0.05) is 38.1 Å². The van der Waals surface area contributed by atoms with Crippen LogP contribution < -0.4 is 0 Å². The van der Waals surface area contributed by atoms with Crippen molar-refractivity contribution >= 4 is 27.0 Å². The van der Waals surface area contributed by atoms with Crippen LogP contribution in [0.25, 0.3) is 11.0 Å². The number of fused-ring (bicyclic) bond motifs is 1. The molecule has 1 aliphatic heterocycles. The summed E-state index contributed by atoms with van der Waals surface area (Å²) in [4.78, 5) is 23.3. The number of carbonyl (C=O) groups is 1. The third kappa shape index (κ3) is 4.42. The maximum atomic E-state index is 13.0. The molecule has 1 N–H and O–H groups in total. The molecule has 0 saturated carbocycles. The fourth-order valence-corrected chi connectivity index (χ4v) is 5.87. The van der Waals surface area contributed by atoms with E-state index in [9.17, 15) is 13.2 Å². The van der Waals surface area contributed by atoms with Gasteiger partial charge >= 0.3 is 0 Å². The van der Waals surface area contributed by atoms with E-state index in [0.717, 1.165) is 41.8 Å². The number of hydrogen-bond donors (Lipinski definition) is 1. The minimum absolute atomic E-state index is 0.0171. The quantitative estimate of drug-likeness (QED) is 0.559. The van der Waals surface area contributed by atoms with E-state index in [2.05, 4.69) is 4.98 Å². The van der Waals surface area contributed by atoms with Gasteiger partial charge in [0, 0.05) is 26.1 Å². The Bertz CT molecular complexity index is 1150. The SMILES string of the molecule is CCN(CC)S(=O)(=O)c1ccc(CCC(=O)N2CCC[C@@H]2c2nc3ccccc3[nH]2)cc1. The van der Waals surface area contributed by atoms with Gasteiger partial charge in [0.05, 0.1) is 22.0 Å². The molecule has 2 aromatic carbocycles. The summed E-state index contributed by atoms with van der Waals surface area (Å²) >= 11 is 0. The molecule has 1 aliphatic rings. The number of rotatable bonds is 8. The number of aryl methyl sites for hydroxylation is 1. The van der Waals surface area contributed by atoms with Gasteiger partial charge in [-0.3, -0.25) is 4.79 Å². The van der Waals surface area contributed by atoms with Crippen molar-refractivity contribution in [2.24, 2.45) is 0 Å². The zero-order chi connectivity index (χ0) is 22.7. The Kier molecular flexibility index (Phi) is 6.62. The normalized spacial score (nSPS) is 16.8. The van der Waals surface area contributed by atoms with Crippen LogP contribution in [0.15, 0.2) is 53.4 Å². The summed E-state index contributed by atoms with van der Waals surface area (Å²) < 4.78 is 26.7. The Morgan fingerprint density at radius 2 is 1.84 bits per heavy atom. The van der Waals surface area contributed by atoms with Crippen molar-refractivity contribution in [1.82, 2.24) is 19.2 Å². The summed E-state index contributed by atoms with van der Waals surface area (Å²) in [5.74, 6) is 0.954. The Labute approximate surface area is 189 Å². The van der Waals surface area contributed by atoms with Gasteiger partial charge in [0.2, 0.25) is 15.9 Å². The molecule has 0 spiro atoms. The fraction of sp³-hybridized carbons (Fsp3) is 0.417. The highest BCUT2D eigenvalue weighted by atomic mass is 32.2. The first kappa shape index (κ1) is 22.5. The van der Waals surface area contributed by atoms with E-state index >= 15 is 0 Å². The Morgan fingerprint density at radius 1 is 1.12 bits per heavy atom. The van der Waals surface area contributed by atoms with Gasteiger partial charge in [0.25, 0.3) is 0 Å². The number of aromatic nitrogens is 2. The van der Waals surface area contributed by atoms with Crippen LogP contribution in [0.5, 0.6) is 0 Å². The number of H-pyrrole nitrogens is 1. The molecule has 0 bridgehead atoms. The topological polar surface area (TPSA) is 86.4 Å². The van der Waals surface area contributed by atoms with Crippen molar-refractivity contribution in [1.29, 1.82) is 0 Å². The molecule has 7 nitrogen and oxygen atoms in total. The van der Waals surface area contributed by atoms with Gasteiger partial charge in [0.1, 0.15) is 5.82 Å². The minimum atomic E-state index is -3.46. The predicted octanol–water partition coefficient (Wildman–Crippen LogP) is 3.89. The number of aromatic amines is 1. The van der Waals surface area contributed by atoms with Crippen LogP contribution in [0.1, 0.15) is 50.5 Å². The molecule has 1 aromatic heterocycles. The van der Waals surface area contributed by atoms with Crippen LogP contribution in [0, 0.1) is 0 Å². The summed E-state index contributed by atoms with van der Waals surface area (Å²) in [5.41, 5.74) is 2.86. The van der Waals surface area contributed by atoms with Gasteiger partial charge in [-0.2, -0.15) is 4.31 Å². The lowest BCUT2D eigenvalue weighted by Gasteiger charge is -2.23. The number of hydrogen-bond acceptors (Lipinski definition) is 4. The number of nitrogens with one attached hydrogen (secondary N) is 1. The molecule has 0 aliphatic carbocycles. The van der Waals surface area contributed by atoms with E-state index < -0.39 is 10.0 Å². The molecule has 32 heavy (non-hydrogen) atoms. The van der Waals surface area contributed by atoms with Gasteiger partial charge in [-0.25, -0.2) is 13.4 Å². The van der Waals surface area contributed by atoms with Gasteiger partial charge in [-0.15, -0.1) is 0 Å². The van der Waals surface area contributed by atoms with Crippen molar-refractivity contribution in [3.8, 4) is 0 Å². The van der Waals surface area contributed by atoms with Crippen molar-refractivity contribution in [3.05, 3.63) is 59.9 Å². The number of benzene rings is 2. The summed E-state index contributed by atoms with van der Waals surface area (Å²) in [6.07, 6.45) is 2.83. The molecular weight excluding hydrogens is 424 g/mol. The van der Waals surface area contributed by atoms with E-state index in [1.165, 1.54) is 4.31 Å². The smallest absolute Gasteiger partial charge is 0.243 e. The number of carbonyl (C=O) groups excluding carboxylic acids is 1. The molecular formula is C24H30N4O3S. The molecule has 1 amide bonds. The molecule has 4 rings (SSSR count). The average molecular weight is 455 g/mol. The maximum absolute atomic E-state index is 13.0. The Balaban J connectivity index is 1.41. The highest BCUT2D eigenvalue weighted by molar-refractivity contribution is 7.89. The second kappa shape index (κ2) is 9.42. The average Bonchev–Trinajstić information content (AvgIpc) is 3.45. The number of imidazole rings is 1. The molecule has 8 heteroatoms. The summed E-state index contributed by atoms with van der Waals surface area (Å²) in [7, 11) is -3.46. The molecule has 3 aromatic rings. The monoisotopic (exact) mass is 454 g/mol.